The first-order chi connectivity index (χ1) is 16.1. The molecule has 2 rings (SSSR count). The average molecular weight is 468 g/mol. The zero-order valence-electron chi connectivity index (χ0n) is 20.2. The topological polar surface area (TPSA) is 60.2 Å². The van der Waals surface area contributed by atoms with Gasteiger partial charge in [-0.25, -0.2) is 8.78 Å². The molecule has 3 atom stereocenters. The van der Waals surface area contributed by atoms with Gasteiger partial charge in [0.1, 0.15) is 11.6 Å². The van der Waals surface area contributed by atoms with Gasteiger partial charge in [-0.1, -0.05) is 38.8 Å². The number of ketones is 2. The second-order valence-corrected chi connectivity index (χ2v) is 9.49. The molecule has 0 radical (unpaired) electrons. The van der Waals surface area contributed by atoms with Crippen molar-refractivity contribution in [3.63, 3.8) is 0 Å². The summed E-state index contributed by atoms with van der Waals surface area (Å²) in [7, 11) is 0. The number of unbranched alkanes of at least 4 members (excludes halogenated alkanes) is 1. The van der Waals surface area contributed by atoms with E-state index in [1.807, 2.05) is 13.8 Å². The van der Waals surface area contributed by atoms with E-state index in [-0.39, 0.29) is 17.4 Å². The highest BCUT2D eigenvalue weighted by Gasteiger charge is 2.38. The maximum atomic E-state index is 13.3. The Labute approximate surface area is 201 Å². The summed E-state index contributed by atoms with van der Waals surface area (Å²) in [4.78, 5) is 26.4. The van der Waals surface area contributed by atoms with E-state index >= 15 is 0 Å². The summed E-state index contributed by atoms with van der Waals surface area (Å²) in [6.45, 7) is 11.3. The number of nitrogens with two attached hydrogens (primary N) is 1. The van der Waals surface area contributed by atoms with Crippen molar-refractivity contribution in [1.82, 2.24) is 0 Å². The molecule has 0 fully saturated rings. The van der Waals surface area contributed by atoms with Gasteiger partial charge in [0.05, 0.1) is 0 Å². The van der Waals surface area contributed by atoms with Crippen LogP contribution in [0.4, 0.5) is 8.78 Å². The Hall–Kier alpha value is -2.92. The largest absolute Gasteiger partial charge is 0.327 e. The van der Waals surface area contributed by atoms with Gasteiger partial charge < -0.3 is 5.73 Å². The van der Waals surface area contributed by atoms with Gasteiger partial charge in [0.15, 0.2) is 11.6 Å². The SMILES string of the molecule is C=CCC(C)(CCCCC(N)C(C)(CC=C)C(=O)c1ccc(F)cc1)C(=O)c1ccc(F)cc1. The lowest BCUT2D eigenvalue weighted by atomic mass is 9.71. The Morgan fingerprint density at radius 2 is 1.32 bits per heavy atom. The van der Waals surface area contributed by atoms with Crippen LogP contribution in [0, 0.1) is 22.5 Å². The van der Waals surface area contributed by atoms with E-state index in [1.165, 1.54) is 48.5 Å². The Kier molecular flexibility index (Phi) is 9.63. The molecule has 0 heterocycles. The van der Waals surface area contributed by atoms with E-state index in [0.717, 1.165) is 12.8 Å². The molecule has 0 saturated carbocycles. The molecule has 0 bridgehead atoms. The molecule has 0 aromatic heterocycles. The smallest absolute Gasteiger partial charge is 0.170 e. The lowest BCUT2D eigenvalue weighted by Gasteiger charge is -2.34. The summed E-state index contributed by atoms with van der Waals surface area (Å²) >= 11 is 0. The summed E-state index contributed by atoms with van der Waals surface area (Å²) in [6.07, 6.45) is 7.00. The molecule has 2 aromatic carbocycles. The van der Waals surface area contributed by atoms with Crippen molar-refractivity contribution in [1.29, 1.82) is 0 Å². The van der Waals surface area contributed by atoms with Crippen LogP contribution in [0.5, 0.6) is 0 Å². The van der Waals surface area contributed by atoms with Gasteiger partial charge >= 0.3 is 0 Å². The van der Waals surface area contributed by atoms with Gasteiger partial charge in [0.2, 0.25) is 0 Å². The number of carbonyl (C=O) groups is 2. The van der Waals surface area contributed by atoms with E-state index < -0.39 is 22.7 Å². The van der Waals surface area contributed by atoms with E-state index in [9.17, 15) is 18.4 Å². The monoisotopic (exact) mass is 467 g/mol. The fraction of sp³-hybridized carbons (Fsp3) is 0.379. The molecule has 0 saturated heterocycles. The molecule has 0 amide bonds. The van der Waals surface area contributed by atoms with Crippen molar-refractivity contribution in [3.8, 4) is 0 Å². The van der Waals surface area contributed by atoms with Crippen molar-refractivity contribution in [2.75, 3.05) is 0 Å². The predicted molar refractivity (Wildman–Crippen MR) is 134 cm³/mol. The van der Waals surface area contributed by atoms with Gasteiger partial charge in [-0.3, -0.25) is 9.59 Å². The molecule has 34 heavy (non-hydrogen) atoms. The quantitative estimate of drug-likeness (QED) is 0.183. The van der Waals surface area contributed by atoms with Gasteiger partial charge in [0.25, 0.3) is 0 Å². The third kappa shape index (κ3) is 6.57. The molecular weight excluding hydrogens is 432 g/mol. The van der Waals surface area contributed by atoms with Crippen molar-refractivity contribution >= 4 is 11.6 Å². The molecule has 2 N–H and O–H groups in total. The molecule has 182 valence electrons. The number of Topliss-reactive ketones (excluding diaryl/α,β-unsaturated/α-hetero) is 2. The van der Waals surface area contributed by atoms with Crippen LogP contribution in [0.15, 0.2) is 73.8 Å². The van der Waals surface area contributed by atoms with Crippen LogP contribution < -0.4 is 5.73 Å². The molecule has 2 aromatic rings. The van der Waals surface area contributed by atoms with Crippen LogP contribution in [0.25, 0.3) is 0 Å². The van der Waals surface area contributed by atoms with Crippen molar-refractivity contribution in [2.45, 2.75) is 58.4 Å². The van der Waals surface area contributed by atoms with Crippen molar-refractivity contribution in [3.05, 3.63) is 96.6 Å². The number of hydrogen-bond donors (Lipinski definition) is 1. The normalized spacial score (nSPS) is 15.6. The van der Waals surface area contributed by atoms with Crippen LogP contribution in [0.2, 0.25) is 0 Å². The summed E-state index contributed by atoms with van der Waals surface area (Å²) in [5.41, 5.74) is 5.90. The second kappa shape index (κ2) is 12.0. The van der Waals surface area contributed by atoms with Crippen LogP contribution >= 0.6 is 0 Å². The minimum atomic E-state index is -0.867. The first-order valence-electron chi connectivity index (χ1n) is 11.7. The molecule has 3 unspecified atom stereocenters. The second-order valence-electron chi connectivity index (χ2n) is 9.49. The lowest BCUT2D eigenvalue weighted by Crippen LogP contribution is -2.45. The molecule has 5 heteroatoms. The lowest BCUT2D eigenvalue weighted by molar-refractivity contribution is 0.0767. The summed E-state index contributed by atoms with van der Waals surface area (Å²) in [5.74, 6) is -0.958. The molecular formula is C29H35F2NO2. The van der Waals surface area contributed by atoms with Crippen LogP contribution in [0.3, 0.4) is 0 Å². The minimum Gasteiger partial charge on any atom is -0.327 e. The van der Waals surface area contributed by atoms with Gasteiger partial charge in [-0.15, -0.1) is 13.2 Å². The maximum absolute atomic E-state index is 13.3. The fourth-order valence-electron chi connectivity index (χ4n) is 4.42. The van der Waals surface area contributed by atoms with Crippen molar-refractivity contribution < 1.29 is 18.4 Å². The number of hydrogen-bond acceptors (Lipinski definition) is 3. The Morgan fingerprint density at radius 3 is 1.79 bits per heavy atom. The van der Waals surface area contributed by atoms with Crippen molar-refractivity contribution in [2.24, 2.45) is 16.6 Å². The third-order valence-corrected chi connectivity index (χ3v) is 6.76. The summed E-state index contributed by atoms with van der Waals surface area (Å²) < 4.78 is 26.6. The Bertz CT molecular complexity index is 1000. The van der Waals surface area contributed by atoms with E-state index in [1.54, 1.807) is 12.2 Å². The standard InChI is InChI=1S/C29H35F2NO2/c1-5-18-28(3,26(33)21-10-14-23(30)15-11-21)20-8-7-9-25(32)29(4,19-6-2)27(34)22-12-16-24(31)17-13-22/h5-6,10-17,25H,1-2,7-9,18-20,32H2,3-4H3. The summed E-state index contributed by atoms with van der Waals surface area (Å²) in [6, 6.07) is 10.7. The zero-order chi connectivity index (χ0) is 25.4. The Morgan fingerprint density at radius 1 is 0.853 bits per heavy atom. The number of carbonyl (C=O) groups excluding carboxylic acids is 2. The highest BCUT2D eigenvalue weighted by Crippen LogP contribution is 2.36. The molecule has 0 aliphatic rings. The number of rotatable bonds is 14. The zero-order valence-corrected chi connectivity index (χ0v) is 20.2. The maximum Gasteiger partial charge on any atom is 0.170 e. The first-order valence-corrected chi connectivity index (χ1v) is 11.7. The molecule has 3 nitrogen and oxygen atoms in total. The van der Waals surface area contributed by atoms with Gasteiger partial charge in [-0.05, 0) is 74.2 Å². The van der Waals surface area contributed by atoms with Crippen LogP contribution in [0.1, 0.15) is 73.1 Å². The van der Waals surface area contributed by atoms with E-state index in [4.69, 9.17) is 5.73 Å². The number of allylic oxidation sites excluding steroid dienone is 2. The summed E-state index contributed by atoms with van der Waals surface area (Å²) in [5, 5.41) is 0. The third-order valence-electron chi connectivity index (χ3n) is 6.76. The average Bonchev–Trinajstić information content (AvgIpc) is 2.82. The first kappa shape index (κ1) is 27.3. The highest BCUT2D eigenvalue weighted by molar-refractivity contribution is 6.01. The van der Waals surface area contributed by atoms with Crippen LogP contribution in [-0.2, 0) is 0 Å². The molecule has 0 aliphatic carbocycles. The van der Waals surface area contributed by atoms with Crippen LogP contribution in [-0.4, -0.2) is 17.6 Å². The highest BCUT2D eigenvalue weighted by atomic mass is 19.1. The van der Waals surface area contributed by atoms with Gasteiger partial charge in [-0.2, -0.15) is 0 Å². The minimum absolute atomic E-state index is 0.0420. The number of halogens is 2. The molecule has 0 spiro atoms. The molecule has 0 aliphatic heterocycles. The fourth-order valence-corrected chi connectivity index (χ4v) is 4.42. The predicted octanol–water partition coefficient (Wildman–Crippen LogP) is 7.08. The van der Waals surface area contributed by atoms with E-state index in [2.05, 4.69) is 13.2 Å². The van der Waals surface area contributed by atoms with E-state index in [0.29, 0.717) is 36.8 Å². The number of benzene rings is 2. The van der Waals surface area contributed by atoms with Gasteiger partial charge in [0, 0.05) is 28.0 Å². The Balaban J connectivity index is 2.05.